The van der Waals surface area contributed by atoms with E-state index in [2.05, 4.69) is 6.92 Å². The van der Waals surface area contributed by atoms with Crippen LogP contribution in [-0.4, -0.2) is 29.4 Å². The molecule has 1 N–H and O–H groups in total. The van der Waals surface area contributed by atoms with Crippen LogP contribution in [0.3, 0.4) is 0 Å². The molecule has 0 heterocycles. The molecule has 176 valence electrons. The van der Waals surface area contributed by atoms with Crippen molar-refractivity contribution in [1.29, 1.82) is 0 Å². The standard InChI is InChI=1S/C24H50O4S.K/c1-3-5-7-8-9-10-13-16-19-23(25)20-17-14-11-12-15-18-22-24(21-6-4-2)29(26,27)28;/h23-25H,3-22H2,1-2H3,(H,26,27,28);/q;+1/p-1. The summed E-state index contributed by atoms with van der Waals surface area (Å²) in [7, 11) is -4.14. The molecule has 6 heteroatoms. The SMILES string of the molecule is CCCCCCCCCCC(O)CCCCCCCCC(CCCC)S(=O)(=O)[O-].[K+]. The van der Waals surface area contributed by atoms with Gasteiger partial charge in [0, 0.05) is 5.25 Å². The van der Waals surface area contributed by atoms with Crippen molar-refractivity contribution in [3.63, 3.8) is 0 Å². The molecule has 0 rings (SSSR count). The average molecular weight is 473 g/mol. The number of aliphatic hydroxyl groups excluding tert-OH is 1. The zero-order chi connectivity index (χ0) is 21.8. The van der Waals surface area contributed by atoms with Crippen molar-refractivity contribution in [3.05, 3.63) is 0 Å². The summed E-state index contributed by atoms with van der Waals surface area (Å²) in [4.78, 5) is 0. The van der Waals surface area contributed by atoms with E-state index in [4.69, 9.17) is 0 Å². The van der Waals surface area contributed by atoms with Crippen molar-refractivity contribution in [2.45, 2.75) is 154 Å². The maximum Gasteiger partial charge on any atom is 1.00 e. The van der Waals surface area contributed by atoms with E-state index in [9.17, 15) is 18.1 Å². The summed E-state index contributed by atoms with van der Waals surface area (Å²) in [6.45, 7) is 4.26. The number of hydrogen-bond acceptors (Lipinski definition) is 4. The van der Waals surface area contributed by atoms with Gasteiger partial charge in [0.25, 0.3) is 0 Å². The first-order valence-corrected chi connectivity index (χ1v) is 14.0. The van der Waals surface area contributed by atoms with Gasteiger partial charge in [-0.25, -0.2) is 8.42 Å². The molecule has 0 spiro atoms. The zero-order valence-corrected chi connectivity index (χ0v) is 24.3. The van der Waals surface area contributed by atoms with E-state index >= 15 is 0 Å². The number of rotatable bonds is 22. The van der Waals surface area contributed by atoms with E-state index in [1.165, 1.54) is 44.9 Å². The molecule has 0 aromatic rings. The van der Waals surface area contributed by atoms with Gasteiger partial charge in [0.15, 0.2) is 0 Å². The first-order chi connectivity index (χ1) is 13.9. The smallest absolute Gasteiger partial charge is 0.748 e. The van der Waals surface area contributed by atoms with Crippen LogP contribution in [0, 0.1) is 0 Å². The minimum Gasteiger partial charge on any atom is -0.748 e. The van der Waals surface area contributed by atoms with E-state index in [1.807, 2.05) is 6.92 Å². The largest absolute Gasteiger partial charge is 1.00 e. The fraction of sp³-hybridized carbons (Fsp3) is 1.00. The minimum atomic E-state index is -4.14. The molecule has 30 heavy (non-hydrogen) atoms. The molecule has 0 fully saturated rings. The second-order valence-corrected chi connectivity index (χ2v) is 10.5. The molecular formula is C24H49KO4S. The Bertz CT molecular complexity index is 442. The Morgan fingerprint density at radius 1 is 0.600 bits per heavy atom. The monoisotopic (exact) mass is 472 g/mol. The fourth-order valence-electron chi connectivity index (χ4n) is 3.98. The van der Waals surface area contributed by atoms with Gasteiger partial charge >= 0.3 is 51.4 Å². The molecular weight excluding hydrogens is 423 g/mol. The van der Waals surface area contributed by atoms with Gasteiger partial charge in [-0.15, -0.1) is 0 Å². The molecule has 0 radical (unpaired) electrons. The third-order valence-electron chi connectivity index (χ3n) is 5.99. The second-order valence-electron chi connectivity index (χ2n) is 8.87. The van der Waals surface area contributed by atoms with Crippen molar-refractivity contribution in [2.75, 3.05) is 0 Å². The van der Waals surface area contributed by atoms with Crippen LogP contribution < -0.4 is 51.4 Å². The summed E-state index contributed by atoms with van der Waals surface area (Å²) < 4.78 is 33.9. The second kappa shape index (κ2) is 23.7. The van der Waals surface area contributed by atoms with Crippen LogP contribution in [0.25, 0.3) is 0 Å². The molecule has 0 aliphatic rings. The van der Waals surface area contributed by atoms with Crippen molar-refractivity contribution < 1.29 is 69.5 Å². The van der Waals surface area contributed by atoms with Gasteiger partial charge in [0.2, 0.25) is 0 Å². The summed E-state index contributed by atoms with van der Waals surface area (Å²) >= 11 is 0. The average Bonchev–Trinajstić information content (AvgIpc) is 2.67. The van der Waals surface area contributed by atoms with E-state index in [-0.39, 0.29) is 57.5 Å². The van der Waals surface area contributed by atoms with Gasteiger partial charge in [-0.05, 0) is 25.7 Å². The summed E-state index contributed by atoms with van der Waals surface area (Å²) in [6.07, 6.45) is 21.2. The molecule has 0 aromatic heterocycles. The molecule has 4 nitrogen and oxygen atoms in total. The predicted molar refractivity (Wildman–Crippen MR) is 123 cm³/mol. The normalized spacial score (nSPS) is 13.7. The molecule has 0 aromatic carbocycles. The van der Waals surface area contributed by atoms with Crippen LogP contribution in [0.1, 0.15) is 142 Å². The molecule has 0 amide bonds. The first-order valence-electron chi connectivity index (χ1n) is 12.5. The number of hydrogen-bond donors (Lipinski definition) is 1. The Balaban J connectivity index is 0. The molecule has 0 aliphatic carbocycles. The van der Waals surface area contributed by atoms with Crippen LogP contribution in [0.2, 0.25) is 0 Å². The Kier molecular flexibility index (Phi) is 26.6. The summed E-state index contributed by atoms with van der Waals surface area (Å²) in [6, 6.07) is 0. The fourth-order valence-corrected chi connectivity index (χ4v) is 4.89. The molecule has 0 saturated heterocycles. The van der Waals surface area contributed by atoms with Crippen molar-refractivity contribution in [1.82, 2.24) is 0 Å². The third-order valence-corrected chi connectivity index (χ3v) is 7.28. The predicted octanol–water partition coefficient (Wildman–Crippen LogP) is 4.11. The maximum atomic E-state index is 11.3. The van der Waals surface area contributed by atoms with Gasteiger partial charge in [0.05, 0.1) is 16.2 Å². The van der Waals surface area contributed by atoms with E-state index in [1.54, 1.807) is 0 Å². The summed E-state index contributed by atoms with van der Waals surface area (Å²) in [5.74, 6) is 0. The number of unbranched alkanes of at least 4 members (excludes halogenated alkanes) is 13. The van der Waals surface area contributed by atoms with Crippen LogP contribution in [0.15, 0.2) is 0 Å². The number of aliphatic hydroxyl groups is 1. The first kappa shape index (κ1) is 33.7. The van der Waals surface area contributed by atoms with Crippen LogP contribution in [0.4, 0.5) is 0 Å². The Hall–Kier alpha value is 1.51. The Morgan fingerprint density at radius 3 is 1.33 bits per heavy atom. The summed E-state index contributed by atoms with van der Waals surface area (Å²) in [5.41, 5.74) is 0. The van der Waals surface area contributed by atoms with Crippen LogP contribution in [-0.2, 0) is 10.1 Å². The van der Waals surface area contributed by atoms with Gasteiger partial charge in [0.1, 0.15) is 0 Å². The van der Waals surface area contributed by atoms with Gasteiger partial charge < -0.3 is 9.66 Å². The molecule has 2 atom stereocenters. The molecule has 0 saturated carbocycles. The summed E-state index contributed by atoms with van der Waals surface area (Å²) in [5, 5.41) is 9.40. The molecule has 0 bridgehead atoms. The van der Waals surface area contributed by atoms with Crippen molar-refractivity contribution in [3.8, 4) is 0 Å². The van der Waals surface area contributed by atoms with Gasteiger partial charge in [-0.2, -0.15) is 0 Å². The van der Waals surface area contributed by atoms with E-state index < -0.39 is 15.4 Å². The van der Waals surface area contributed by atoms with E-state index in [0.29, 0.717) is 12.8 Å². The van der Waals surface area contributed by atoms with Crippen LogP contribution in [0.5, 0.6) is 0 Å². The topological polar surface area (TPSA) is 77.4 Å². The quantitative estimate of drug-likeness (QED) is 0.146. The minimum absolute atomic E-state index is 0. The van der Waals surface area contributed by atoms with Gasteiger partial charge in [-0.1, -0.05) is 117 Å². The van der Waals surface area contributed by atoms with Crippen molar-refractivity contribution >= 4 is 10.1 Å². The van der Waals surface area contributed by atoms with Crippen molar-refractivity contribution in [2.24, 2.45) is 0 Å². The Morgan fingerprint density at radius 2 is 0.933 bits per heavy atom. The third kappa shape index (κ3) is 22.7. The van der Waals surface area contributed by atoms with E-state index in [0.717, 1.165) is 70.6 Å². The zero-order valence-electron chi connectivity index (χ0n) is 20.4. The van der Waals surface area contributed by atoms with Crippen LogP contribution >= 0.6 is 0 Å². The molecule has 0 aliphatic heterocycles. The van der Waals surface area contributed by atoms with Gasteiger partial charge in [-0.3, -0.25) is 0 Å². The Labute approximate surface area is 230 Å². The maximum absolute atomic E-state index is 11.3. The molecule has 2 unspecified atom stereocenters.